The Morgan fingerprint density at radius 1 is 1.83 bits per heavy atom. The van der Waals surface area contributed by atoms with E-state index in [0.29, 0.717) is 0 Å². The maximum Gasteiger partial charge on any atom is 0.0376 e. The molecule has 0 radical (unpaired) electrons. The first-order chi connectivity index (χ1) is 5.59. The maximum absolute atomic E-state index is 10.3. The van der Waals surface area contributed by atoms with Crippen LogP contribution in [0.25, 0.3) is 0 Å². The highest BCUT2D eigenvalue weighted by Gasteiger charge is 2.21. The van der Waals surface area contributed by atoms with Crippen molar-refractivity contribution in [2.75, 3.05) is 13.1 Å². The van der Waals surface area contributed by atoms with Crippen LogP contribution in [0.1, 0.15) is 13.3 Å². The highest BCUT2D eigenvalue weighted by Crippen LogP contribution is 2.13. The number of nitrogens with one attached hydrogen (secondary N) is 1. The molecular weight excluding hydrogens is 176 g/mol. The molecule has 1 fully saturated rings. The van der Waals surface area contributed by atoms with Crippen LogP contribution in [0.4, 0.5) is 0 Å². The van der Waals surface area contributed by atoms with Crippen molar-refractivity contribution in [3.05, 3.63) is 12.3 Å². The molecule has 70 valence electrons. The number of nitrogens with zero attached hydrogens (tertiary/aromatic N) is 1. The average molecular weight is 189 g/mol. The SMILES string of the molecule is C=C(C)N1CCC(NS(=O)[O-])C1. The number of hydrogen-bond donors (Lipinski definition) is 1. The molecule has 2 unspecified atom stereocenters. The maximum atomic E-state index is 10.3. The summed E-state index contributed by atoms with van der Waals surface area (Å²) < 4.78 is 23.0. The van der Waals surface area contributed by atoms with Crippen LogP contribution in [0.15, 0.2) is 12.3 Å². The van der Waals surface area contributed by atoms with Gasteiger partial charge < -0.3 is 9.45 Å². The quantitative estimate of drug-likeness (QED) is 0.635. The number of allylic oxidation sites excluding steroid dienone is 1. The first-order valence-corrected chi connectivity index (χ1v) is 4.93. The molecule has 5 heteroatoms. The zero-order valence-corrected chi connectivity index (χ0v) is 7.89. The molecule has 12 heavy (non-hydrogen) atoms. The lowest BCUT2D eigenvalue weighted by atomic mass is 10.3. The number of rotatable bonds is 3. The largest absolute Gasteiger partial charge is 0.760 e. The molecule has 0 saturated carbocycles. The van der Waals surface area contributed by atoms with E-state index in [0.717, 1.165) is 25.2 Å². The van der Waals surface area contributed by atoms with Crippen LogP contribution in [0.3, 0.4) is 0 Å². The van der Waals surface area contributed by atoms with Gasteiger partial charge in [-0.2, -0.15) is 0 Å². The lowest BCUT2D eigenvalue weighted by Gasteiger charge is -2.18. The summed E-state index contributed by atoms with van der Waals surface area (Å²) in [5.74, 6) is 0. The van der Waals surface area contributed by atoms with E-state index >= 15 is 0 Å². The highest BCUT2D eigenvalue weighted by molar-refractivity contribution is 7.77. The Hall–Kier alpha value is -0.390. The van der Waals surface area contributed by atoms with Crippen molar-refractivity contribution in [1.29, 1.82) is 0 Å². The fourth-order valence-electron chi connectivity index (χ4n) is 1.34. The van der Waals surface area contributed by atoms with Crippen LogP contribution < -0.4 is 4.72 Å². The number of hydrogen-bond acceptors (Lipinski definition) is 3. The van der Waals surface area contributed by atoms with Crippen molar-refractivity contribution in [2.45, 2.75) is 19.4 Å². The van der Waals surface area contributed by atoms with Crippen LogP contribution in [-0.2, 0) is 11.3 Å². The van der Waals surface area contributed by atoms with E-state index in [2.05, 4.69) is 16.2 Å². The van der Waals surface area contributed by atoms with E-state index < -0.39 is 11.3 Å². The van der Waals surface area contributed by atoms with Gasteiger partial charge in [-0.25, -0.2) is 4.72 Å². The first-order valence-electron chi connectivity index (χ1n) is 3.85. The minimum Gasteiger partial charge on any atom is -0.760 e. The Morgan fingerprint density at radius 2 is 2.50 bits per heavy atom. The van der Waals surface area contributed by atoms with Crippen LogP contribution in [0.2, 0.25) is 0 Å². The molecule has 0 spiro atoms. The van der Waals surface area contributed by atoms with Crippen molar-refractivity contribution >= 4 is 11.3 Å². The minimum atomic E-state index is -2.14. The summed E-state index contributed by atoms with van der Waals surface area (Å²) in [6.45, 7) is 7.35. The predicted molar refractivity (Wildman–Crippen MR) is 46.8 cm³/mol. The van der Waals surface area contributed by atoms with E-state index in [9.17, 15) is 8.76 Å². The summed E-state index contributed by atoms with van der Waals surface area (Å²) in [4.78, 5) is 2.07. The van der Waals surface area contributed by atoms with Gasteiger partial charge in [-0.05, 0) is 13.3 Å². The molecule has 2 atom stereocenters. The van der Waals surface area contributed by atoms with Crippen LogP contribution in [0.5, 0.6) is 0 Å². The molecule has 1 rings (SSSR count). The second kappa shape index (κ2) is 4.02. The number of likely N-dealkylation sites (tertiary alicyclic amines) is 1. The Balaban J connectivity index is 2.35. The topological polar surface area (TPSA) is 55.4 Å². The van der Waals surface area contributed by atoms with Gasteiger partial charge in [0.2, 0.25) is 0 Å². The molecule has 0 aromatic heterocycles. The molecule has 0 aromatic rings. The normalized spacial score (nSPS) is 25.8. The summed E-state index contributed by atoms with van der Waals surface area (Å²) in [5, 5.41) is 0. The second-order valence-electron chi connectivity index (χ2n) is 3.02. The van der Waals surface area contributed by atoms with Gasteiger partial charge in [0.05, 0.1) is 0 Å². The van der Waals surface area contributed by atoms with Crippen LogP contribution >= 0.6 is 0 Å². The Labute approximate surface area is 75.1 Å². The Morgan fingerprint density at radius 3 is 2.92 bits per heavy atom. The van der Waals surface area contributed by atoms with E-state index in [1.54, 1.807) is 0 Å². The van der Waals surface area contributed by atoms with Crippen molar-refractivity contribution < 1.29 is 8.76 Å². The molecule has 1 saturated heterocycles. The van der Waals surface area contributed by atoms with Gasteiger partial charge in [0, 0.05) is 36.1 Å². The van der Waals surface area contributed by atoms with Gasteiger partial charge in [-0.3, -0.25) is 4.21 Å². The molecule has 1 aliphatic heterocycles. The summed E-state index contributed by atoms with van der Waals surface area (Å²) in [6.07, 6.45) is 0.862. The van der Waals surface area contributed by atoms with Gasteiger partial charge in [0.25, 0.3) is 0 Å². The summed E-state index contributed by atoms with van der Waals surface area (Å²) in [6, 6.07) is 0.0556. The second-order valence-corrected chi connectivity index (χ2v) is 3.72. The summed E-state index contributed by atoms with van der Waals surface area (Å²) >= 11 is -2.14. The molecule has 0 amide bonds. The fourth-order valence-corrected chi connectivity index (χ4v) is 1.80. The van der Waals surface area contributed by atoms with Gasteiger partial charge >= 0.3 is 0 Å². The molecule has 1 aliphatic rings. The van der Waals surface area contributed by atoms with Crippen LogP contribution in [-0.4, -0.2) is 32.8 Å². The van der Waals surface area contributed by atoms with Crippen molar-refractivity contribution in [3.63, 3.8) is 0 Å². The average Bonchev–Trinajstić information content (AvgIpc) is 2.34. The van der Waals surface area contributed by atoms with Crippen molar-refractivity contribution in [2.24, 2.45) is 0 Å². The molecule has 4 nitrogen and oxygen atoms in total. The van der Waals surface area contributed by atoms with E-state index in [1.807, 2.05) is 6.92 Å². The third-order valence-corrected chi connectivity index (χ3v) is 2.52. The fraction of sp³-hybridized carbons (Fsp3) is 0.714. The lowest BCUT2D eigenvalue weighted by molar-refractivity contribution is 0.416. The van der Waals surface area contributed by atoms with Crippen molar-refractivity contribution in [1.82, 2.24) is 9.62 Å². The van der Waals surface area contributed by atoms with E-state index in [4.69, 9.17) is 0 Å². The lowest BCUT2D eigenvalue weighted by Crippen LogP contribution is -2.33. The smallest absolute Gasteiger partial charge is 0.0376 e. The van der Waals surface area contributed by atoms with E-state index in [1.165, 1.54) is 0 Å². The molecule has 0 aromatic carbocycles. The zero-order valence-electron chi connectivity index (χ0n) is 7.08. The Kier molecular flexibility index (Phi) is 3.25. The van der Waals surface area contributed by atoms with Gasteiger partial charge in [-0.1, -0.05) is 6.58 Å². The van der Waals surface area contributed by atoms with Crippen molar-refractivity contribution in [3.8, 4) is 0 Å². The molecule has 1 heterocycles. The van der Waals surface area contributed by atoms with Gasteiger partial charge in [0.15, 0.2) is 0 Å². The summed E-state index contributed by atoms with van der Waals surface area (Å²) in [5.41, 5.74) is 0.996. The Bertz CT molecular complexity index is 208. The molecule has 0 aliphatic carbocycles. The molecule has 1 N–H and O–H groups in total. The van der Waals surface area contributed by atoms with Crippen LogP contribution in [0, 0.1) is 0 Å². The van der Waals surface area contributed by atoms with Gasteiger partial charge in [0.1, 0.15) is 0 Å². The van der Waals surface area contributed by atoms with E-state index in [-0.39, 0.29) is 6.04 Å². The predicted octanol–water partition coefficient (Wildman–Crippen LogP) is -0.0220. The molecular formula is C7H13N2O2S-. The summed E-state index contributed by atoms with van der Waals surface area (Å²) in [7, 11) is 0. The zero-order chi connectivity index (χ0) is 9.14. The third kappa shape index (κ3) is 2.58. The highest BCUT2D eigenvalue weighted by atomic mass is 32.2. The van der Waals surface area contributed by atoms with Gasteiger partial charge in [-0.15, -0.1) is 0 Å². The third-order valence-electron chi connectivity index (χ3n) is 1.99. The first kappa shape index (κ1) is 9.70. The standard InChI is InChI=1S/C7H14N2O2S/c1-6(2)9-4-3-7(5-9)8-12(10)11/h7-8H,1,3-5H2,2H3,(H,10,11)/p-1. The minimum absolute atomic E-state index is 0.0556. The monoisotopic (exact) mass is 189 g/mol. The molecule has 0 bridgehead atoms.